The second kappa shape index (κ2) is 9.69. The van der Waals surface area contributed by atoms with Crippen molar-refractivity contribution in [3.8, 4) is 0 Å². The smallest absolute Gasteiger partial charge is 0.237 e. The van der Waals surface area contributed by atoms with Gasteiger partial charge in [0.05, 0.1) is 13.1 Å². The number of carbonyl (C=O) groups excluding carboxylic acids is 1. The molecule has 0 aliphatic rings. The van der Waals surface area contributed by atoms with Crippen LogP contribution in [0.25, 0.3) is 0 Å². The number of likely N-dealkylation sites (N-methyl/N-ethyl adjacent to an activating group) is 1. The number of hydrogen-bond acceptors (Lipinski definition) is 4. The Hall–Kier alpha value is -1.17. The second-order valence-electron chi connectivity index (χ2n) is 4.84. The lowest BCUT2D eigenvalue weighted by Gasteiger charge is -2.24. The Bertz CT molecular complexity index is 392. The topological polar surface area (TPSA) is 35.6 Å². The van der Waals surface area contributed by atoms with E-state index in [0.717, 1.165) is 19.5 Å². The van der Waals surface area contributed by atoms with Crippen LogP contribution in [0, 0.1) is 0 Å². The Morgan fingerprint density at radius 3 is 2.95 bits per heavy atom. The van der Waals surface area contributed by atoms with E-state index in [0.29, 0.717) is 19.6 Å². The Kier molecular flexibility index (Phi) is 8.18. The summed E-state index contributed by atoms with van der Waals surface area (Å²) in [6.07, 6.45) is 2.83. The molecule has 20 heavy (non-hydrogen) atoms. The summed E-state index contributed by atoms with van der Waals surface area (Å²) < 4.78 is 0. The maximum absolute atomic E-state index is 12.3. The van der Waals surface area contributed by atoms with Crippen LogP contribution in [0.1, 0.15) is 11.3 Å². The van der Waals surface area contributed by atoms with E-state index >= 15 is 0 Å². The predicted octanol–water partition coefficient (Wildman–Crippen LogP) is 1.80. The lowest BCUT2D eigenvalue weighted by atomic mass is 10.3. The molecule has 5 heteroatoms. The van der Waals surface area contributed by atoms with Gasteiger partial charge in [0, 0.05) is 11.4 Å². The summed E-state index contributed by atoms with van der Waals surface area (Å²) in [7, 11) is 3.93. The largest absolute Gasteiger partial charge is 0.333 e. The number of rotatable bonds is 10. The van der Waals surface area contributed by atoms with E-state index in [1.54, 1.807) is 17.4 Å². The summed E-state index contributed by atoms with van der Waals surface area (Å²) in [5, 5.41) is 5.15. The monoisotopic (exact) mass is 295 g/mol. The van der Waals surface area contributed by atoms with E-state index < -0.39 is 0 Å². The minimum absolute atomic E-state index is 0.158. The summed E-state index contributed by atoms with van der Waals surface area (Å²) in [6, 6.07) is 4.07. The predicted molar refractivity (Wildman–Crippen MR) is 86.0 cm³/mol. The van der Waals surface area contributed by atoms with Gasteiger partial charge in [-0.1, -0.05) is 12.1 Å². The van der Waals surface area contributed by atoms with Gasteiger partial charge in [0.15, 0.2) is 0 Å². The molecule has 1 aromatic heterocycles. The molecule has 0 saturated carbocycles. The maximum atomic E-state index is 12.3. The van der Waals surface area contributed by atoms with E-state index in [4.69, 9.17) is 0 Å². The average Bonchev–Trinajstić information content (AvgIpc) is 2.91. The van der Waals surface area contributed by atoms with E-state index in [2.05, 4.69) is 22.9 Å². The molecule has 0 unspecified atom stereocenters. The molecule has 1 rings (SSSR count). The highest BCUT2D eigenvalue weighted by Crippen LogP contribution is 2.12. The average molecular weight is 295 g/mol. The van der Waals surface area contributed by atoms with Gasteiger partial charge >= 0.3 is 0 Å². The van der Waals surface area contributed by atoms with Crippen molar-refractivity contribution in [2.45, 2.75) is 13.0 Å². The molecule has 0 saturated heterocycles. The number of nitrogens with one attached hydrogen (secondary N) is 1. The Balaban J connectivity index is 2.44. The first kappa shape index (κ1) is 16.9. The van der Waals surface area contributed by atoms with E-state index in [-0.39, 0.29) is 5.91 Å². The van der Waals surface area contributed by atoms with Gasteiger partial charge in [-0.25, -0.2) is 0 Å². The SMILES string of the molecule is C=CCN(Cc1cccs1)C(=O)CN(C)CCCNC. The van der Waals surface area contributed by atoms with Crippen LogP contribution in [0.2, 0.25) is 0 Å². The van der Waals surface area contributed by atoms with Crippen LogP contribution in [-0.2, 0) is 11.3 Å². The molecule has 0 atom stereocenters. The summed E-state index contributed by atoms with van der Waals surface area (Å²) in [5.74, 6) is 0.158. The van der Waals surface area contributed by atoms with Crippen LogP contribution in [0.15, 0.2) is 30.2 Å². The molecule has 0 aromatic carbocycles. The zero-order valence-corrected chi connectivity index (χ0v) is 13.3. The van der Waals surface area contributed by atoms with Gasteiger partial charge < -0.3 is 10.2 Å². The lowest BCUT2D eigenvalue weighted by molar-refractivity contribution is -0.132. The highest BCUT2D eigenvalue weighted by Gasteiger charge is 2.15. The van der Waals surface area contributed by atoms with Crippen molar-refractivity contribution in [1.29, 1.82) is 0 Å². The van der Waals surface area contributed by atoms with Crippen molar-refractivity contribution >= 4 is 17.2 Å². The number of thiophene rings is 1. The second-order valence-corrected chi connectivity index (χ2v) is 5.87. The van der Waals surface area contributed by atoms with Crippen LogP contribution >= 0.6 is 11.3 Å². The summed E-state index contributed by atoms with van der Waals surface area (Å²) >= 11 is 1.68. The number of carbonyl (C=O) groups is 1. The van der Waals surface area contributed by atoms with E-state index in [1.807, 2.05) is 30.4 Å². The summed E-state index contributed by atoms with van der Waals surface area (Å²) in [6.45, 7) is 7.37. The van der Waals surface area contributed by atoms with Gasteiger partial charge in [0.1, 0.15) is 0 Å². The van der Waals surface area contributed by atoms with Crippen molar-refractivity contribution in [2.75, 3.05) is 40.3 Å². The molecule has 1 N–H and O–H groups in total. The number of amides is 1. The minimum atomic E-state index is 0.158. The first-order valence-electron chi connectivity index (χ1n) is 6.91. The molecule has 1 amide bonds. The van der Waals surface area contributed by atoms with Crippen LogP contribution in [0.3, 0.4) is 0 Å². The van der Waals surface area contributed by atoms with Gasteiger partial charge in [0.25, 0.3) is 0 Å². The number of hydrogen-bond donors (Lipinski definition) is 1. The Morgan fingerprint density at radius 2 is 2.35 bits per heavy atom. The van der Waals surface area contributed by atoms with Crippen molar-refractivity contribution in [2.24, 2.45) is 0 Å². The van der Waals surface area contributed by atoms with E-state index in [1.165, 1.54) is 4.88 Å². The van der Waals surface area contributed by atoms with Crippen molar-refractivity contribution in [1.82, 2.24) is 15.1 Å². The van der Waals surface area contributed by atoms with Crippen LogP contribution in [0.4, 0.5) is 0 Å². The first-order valence-corrected chi connectivity index (χ1v) is 7.79. The molecule has 0 fully saturated rings. The minimum Gasteiger partial charge on any atom is -0.333 e. The summed E-state index contributed by atoms with van der Waals surface area (Å²) in [5.41, 5.74) is 0. The quantitative estimate of drug-likeness (QED) is 0.528. The van der Waals surface area contributed by atoms with E-state index in [9.17, 15) is 4.79 Å². The fourth-order valence-electron chi connectivity index (χ4n) is 1.94. The van der Waals surface area contributed by atoms with Crippen LogP contribution in [0.5, 0.6) is 0 Å². The van der Waals surface area contributed by atoms with Gasteiger partial charge in [0.2, 0.25) is 5.91 Å². The highest BCUT2D eigenvalue weighted by atomic mass is 32.1. The zero-order chi connectivity index (χ0) is 14.8. The van der Waals surface area contributed by atoms with Crippen molar-refractivity contribution in [3.05, 3.63) is 35.0 Å². The summed E-state index contributed by atoms with van der Waals surface area (Å²) in [4.78, 5) is 17.5. The van der Waals surface area contributed by atoms with Gasteiger partial charge in [-0.15, -0.1) is 17.9 Å². The van der Waals surface area contributed by atoms with Crippen molar-refractivity contribution < 1.29 is 4.79 Å². The molecule has 0 aliphatic heterocycles. The zero-order valence-electron chi connectivity index (χ0n) is 12.5. The Morgan fingerprint density at radius 1 is 1.55 bits per heavy atom. The van der Waals surface area contributed by atoms with Crippen LogP contribution < -0.4 is 5.32 Å². The van der Waals surface area contributed by atoms with Gasteiger partial charge in [-0.05, 0) is 45.1 Å². The third-order valence-electron chi connectivity index (χ3n) is 3.00. The maximum Gasteiger partial charge on any atom is 0.237 e. The van der Waals surface area contributed by atoms with Crippen LogP contribution in [-0.4, -0.2) is 56.0 Å². The molecular weight excluding hydrogens is 270 g/mol. The molecule has 0 aliphatic carbocycles. The van der Waals surface area contributed by atoms with Gasteiger partial charge in [-0.3, -0.25) is 9.69 Å². The van der Waals surface area contributed by atoms with Gasteiger partial charge in [-0.2, -0.15) is 0 Å². The molecule has 0 bridgehead atoms. The normalized spacial score (nSPS) is 10.8. The molecule has 112 valence electrons. The molecule has 1 heterocycles. The number of nitrogens with zero attached hydrogens (tertiary/aromatic N) is 2. The Labute approximate surface area is 126 Å². The van der Waals surface area contributed by atoms with Crippen molar-refractivity contribution in [3.63, 3.8) is 0 Å². The lowest BCUT2D eigenvalue weighted by Crippen LogP contribution is -2.39. The fourth-order valence-corrected chi connectivity index (χ4v) is 2.66. The molecule has 0 radical (unpaired) electrons. The third-order valence-corrected chi connectivity index (χ3v) is 3.86. The highest BCUT2D eigenvalue weighted by molar-refractivity contribution is 7.09. The fraction of sp³-hybridized carbons (Fsp3) is 0.533. The third kappa shape index (κ3) is 6.32. The molecule has 4 nitrogen and oxygen atoms in total. The molecule has 1 aromatic rings. The molecular formula is C15H25N3OS. The molecule has 0 spiro atoms. The first-order chi connectivity index (χ1) is 9.67. The standard InChI is InChI=1S/C15H25N3OS/c1-4-9-18(12-14-7-5-11-20-14)15(19)13-17(3)10-6-8-16-2/h4-5,7,11,16H,1,6,8-10,12-13H2,2-3H3.